The fraction of sp³-hybridized carbons (Fsp3) is 0.125. The standard InChI is InChI=1S/2C8H7N3O5/c2*1-4-6(8(9)12)2-5(10(13)14)3-7(4)11(15)16/h2*2-3H,1H3,(H2,9,12). The molecule has 0 aromatic heterocycles. The highest BCUT2D eigenvalue weighted by molar-refractivity contribution is 5.96. The van der Waals surface area contributed by atoms with E-state index in [0.29, 0.717) is 0 Å². The Morgan fingerprint density at radius 2 is 0.906 bits per heavy atom. The molecule has 0 saturated carbocycles. The predicted octanol–water partition coefficient (Wildman–Crippen LogP) is 1.82. The van der Waals surface area contributed by atoms with E-state index in [1.807, 2.05) is 0 Å². The van der Waals surface area contributed by atoms with E-state index in [0.717, 1.165) is 24.3 Å². The molecule has 2 rings (SSSR count). The summed E-state index contributed by atoms with van der Waals surface area (Å²) < 4.78 is 0. The number of hydrogen-bond acceptors (Lipinski definition) is 10. The van der Waals surface area contributed by atoms with Crippen molar-refractivity contribution in [1.82, 2.24) is 0 Å². The lowest BCUT2D eigenvalue weighted by Crippen LogP contribution is -2.14. The molecule has 2 amide bonds. The highest BCUT2D eigenvalue weighted by atomic mass is 16.6. The number of nitro groups is 4. The van der Waals surface area contributed by atoms with Crippen molar-refractivity contribution in [3.05, 3.63) is 87.0 Å². The molecular formula is C16H14N6O10. The number of rotatable bonds is 6. The van der Waals surface area contributed by atoms with Crippen LogP contribution in [0.25, 0.3) is 0 Å². The number of carbonyl (C=O) groups excluding carboxylic acids is 2. The predicted molar refractivity (Wildman–Crippen MR) is 106 cm³/mol. The van der Waals surface area contributed by atoms with E-state index in [1.54, 1.807) is 0 Å². The van der Waals surface area contributed by atoms with Crippen LogP contribution in [-0.4, -0.2) is 31.5 Å². The second-order valence-corrected chi connectivity index (χ2v) is 6.03. The molecule has 0 unspecified atom stereocenters. The van der Waals surface area contributed by atoms with Crippen molar-refractivity contribution in [3.63, 3.8) is 0 Å². The third kappa shape index (κ3) is 5.53. The van der Waals surface area contributed by atoms with E-state index in [4.69, 9.17) is 11.5 Å². The van der Waals surface area contributed by atoms with Crippen molar-refractivity contribution < 1.29 is 29.3 Å². The first-order valence-electron chi connectivity index (χ1n) is 8.15. The summed E-state index contributed by atoms with van der Waals surface area (Å²) >= 11 is 0. The van der Waals surface area contributed by atoms with Gasteiger partial charge in [0.25, 0.3) is 22.7 Å². The van der Waals surface area contributed by atoms with Gasteiger partial charge in [0, 0.05) is 23.3 Å². The van der Waals surface area contributed by atoms with Crippen LogP contribution in [0.2, 0.25) is 0 Å². The third-order valence-electron chi connectivity index (χ3n) is 4.08. The van der Waals surface area contributed by atoms with Gasteiger partial charge in [-0.3, -0.25) is 50.0 Å². The van der Waals surface area contributed by atoms with Gasteiger partial charge in [0.05, 0.1) is 43.0 Å². The highest BCUT2D eigenvalue weighted by Gasteiger charge is 2.24. The van der Waals surface area contributed by atoms with Crippen LogP contribution in [0.15, 0.2) is 24.3 Å². The second kappa shape index (κ2) is 9.65. The van der Waals surface area contributed by atoms with Crippen LogP contribution in [0.1, 0.15) is 31.8 Å². The van der Waals surface area contributed by atoms with Gasteiger partial charge in [0.1, 0.15) is 0 Å². The smallest absolute Gasteiger partial charge is 0.279 e. The van der Waals surface area contributed by atoms with Crippen LogP contribution in [0.3, 0.4) is 0 Å². The molecule has 32 heavy (non-hydrogen) atoms. The molecule has 0 fully saturated rings. The van der Waals surface area contributed by atoms with Crippen LogP contribution >= 0.6 is 0 Å². The molecule has 0 aliphatic rings. The monoisotopic (exact) mass is 450 g/mol. The molecule has 16 heteroatoms. The second-order valence-electron chi connectivity index (χ2n) is 6.03. The van der Waals surface area contributed by atoms with Crippen LogP contribution in [-0.2, 0) is 0 Å². The number of nitrogens with two attached hydrogens (primary N) is 2. The molecule has 16 nitrogen and oxygen atoms in total. The van der Waals surface area contributed by atoms with Crippen molar-refractivity contribution in [2.45, 2.75) is 13.8 Å². The summed E-state index contributed by atoms with van der Waals surface area (Å²) in [5, 5.41) is 42.2. The summed E-state index contributed by atoms with van der Waals surface area (Å²) in [4.78, 5) is 60.9. The highest BCUT2D eigenvalue weighted by Crippen LogP contribution is 2.28. The van der Waals surface area contributed by atoms with Crippen LogP contribution in [0.5, 0.6) is 0 Å². The average molecular weight is 450 g/mol. The van der Waals surface area contributed by atoms with E-state index in [9.17, 15) is 50.0 Å². The molecule has 0 atom stereocenters. The lowest BCUT2D eigenvalue weighted by Gasteiger charge is -2.02. The number of hydrogen-bond donors (Lipinski definition) is 2. The van der Waals surface area contributed by atoms with E-state index in [1.165, 1.54) is 13.8 Å². The Hall–Kier alpha value is -5.02. The largest absolute Gasteiger partial charge is 0.366 e. The van der Waals surface area contributed by atoms with Gasteiger partial charge in [-0.25, -0.2) is 0 Å². The first kappa shape index (κ1) is 25.0. The lowest BCUT2D eigenvalue weighted by molar-refractivity contribution is -0.394. The molecule has 4 N–H and O–H groups in total. The minimum Gasteiger partial charge on any atom is -0.366 e. The van der Waals surface area contributed by atoms with Crippen molar-refractivity contribution in [2.75, 3.05) is 0 Å². The Balaban J connectivity index is 0.000000320. The maximum absolute atomic E-state index is 10.9. The Morgan fingerprint density at radius 3 is 1.09 bits per heavy atom. The van der Waals surface area contributed by atoms with Crippen molar-refractivity contribution >= 4 is 34.6 Å². The molecule has 168 valence electrons. The fourth-order valence-electron chi connectivity index (χ4n) is 2.47. The number of carbonyl (C=O) groups is 2. The average Bonchev–Trinajstić information content (AvgIpc) is 2.67. The molecule has 0 spiro atoms. The molecule has 2 aromatic carbocycles. The fourth-order valence-corrected chi connectivity index (χ4v) is 2.47. The van der Waals surface area contributed by atoms with E-state index < -0.39 is 54.3 Å². The zero-order valence-electron chi connectivity index (χ0n) is 16.3. The number of primary amides is 2. The summed E-state index contributed by atoms with van der Waals surface area (Å²) in [5.74, 6) is -1.88. The molecule has 0 aliphatic heterocycles. The summed E-state index contributed by atoms with van der Waals surface area (Å²) in [6, 6.07) is 3.43. The summed E-state index contributed by atoms with van der Waals surface area (Å²) in [6.45, 7) is 2.61. The Bertz CT molecular complexity index is 1010. The normalized spacial score (nSPS) is 9.81. The Morgan fingerprint density at radius 1 is 0.625 bits per heavy atom. The van der Waals surface area contributed by atoms with Crippen LogP contribution in [0.4, 0.5) is 22.7 Å². The van der Waals surface area contributed by atoms with Gasteiger partial charge >= 0.3 is 0 Å². The van der Waals surface area contributed by atoms with Gasteiger partial charge < -0.3 is 11.5 Å². The number of non-ortho nitro benzene ring substituents is 2. The maximum Gasteiger partial charge on any atom is 0.279 e. The first-order chi connectivity index (χ1) is 14.7. The SMILES string of the molecule is Cc1c(C(N)=O)cc([N+](=O)[O-])cc1[N+](=O)[O-].Cc1c(C(N)=O)cc([N+](=O)[O-])cc1[N+](=O)[O-]. The molecule has 0 aliphatic carbocycles. The van der Waals surface area contributed by atoms with Gasteiger partial charge in [0.15, 0.2) is 0 Å². The van der Waals surface area contributed by atoms with Gasteiger partial charge in [-0.2, -0.15) is 0 Å². The third-order valence-corrected chi connectivity index (χ3v) is 4.08. The van der Waals surface area contributed by atoms with Gasteiger partial charge in [-0.05, 0) is 13.8 Å². The number of amides is 2. The Kier molecular flexibility index (Phi) is 7.55. The van der Waals surface area contributed by atoms with Crippen molar-refractivity contribution in [3.8, 4) is 0 Å². The first-order valence-corrected chi connectivity index (χ1v) is 8.15. The number of nitrogens with zero attached hydrogens (tertiary/aromatic N) is 4. The van der Waals surface area contributed by atoms with Crippen LogP contribution < -0.4 is 11.5 Å². The summed E-state index contributed by atoms with van der Waals surface area (Å²) in [7, 11) is 0. The molecule has 0 bridgehead atoms. The van der Waals surface area contributed by atoms with Crippen LogP contribution in [0, 0.1) is 54.3 Å². The topological polar surface area (TPSA) is 259 Å². The summed E-state index contributed by atoms with van der Waals surface area (Å²) in [5.41, 5.74) is 7.46. The van der Waals surface area contributed by atoms with Gasteiger partial charge in [0.2, 0.25) is 11.8 Å². The number of benzene rings is 2. The molecular weight excluding hydrogens is 436 g/mol. The van der Waals surface area contributed by atoms with Gasteiger partial charge in [-0.15, -0.1) is 0 Å². The van der Waals surface area contributed by atoms with Crippen molar-refractivity contribution in [2.24, 2.45) is 11.5 Å². The van der Waals surface area contributed by atoms with E-state index >= 15 is 0 Å². The van der Waals surface area contributed by atoms with E-state index in [2.05, 4.69) is 0 Å². The number of nitro benzene ring substituents is 4. The molecule has 0 heterocycles. The minimum absolute atomic E-state index is 0.0168. The zero-order valence-corrected chi connectivity index (χ0v) is 16.3. The molecule has 0 saturated heterocycles. The quantitative estimate of drug-likeness (QED) is 0.476. The van der Waals surface area contributed by atoms with E-state index in [-0.39, 0.29) is 22.3 Å². The van der Waals surface area contributed by atoms with Gasteiger partial charge in [-0.1, -0.05) is 0 Å². The minimum atomic E-state index is -0.940. The maximum atomic E-state index is 10.9. The summed E-state index contributed by atoms with van der Waals surface area (Å²) in [6.07, 6.45) is 0. The zero-order chi connectivity index (χ0) is 24.9. The lowest BCUT2D eigenvalue weighted by atomic mass is 10.1. The molecule has 2 aromatic rings. The van der Waals surface area contributed by atoms with Crippen molar-refractivity contribution in [1.29, 1.82) is 0 Å². The molecule has 0 radical (unpaired) electrons. The Labute approximate surface area is 177 Å².